The molecule has 1 aromatic rings. The standard InChI is InChI=1S/C10H17NO2/c1-3-7(2)10(11)9-5-4-8(6-12)13-9/h4-5,7,10,12H,3,6,11H2,1-2H3/t7?,10-/m0/s1. The number of furan rings is 1. The molecule has 0 saturated heterocycles. The third-order valence-electron chi connectivity index (χ3n) is 2.42. The Kier molecular flexibility index (Phi) is 3.51. The largest absolute Gasteiger partial charge is 0.462 e. The number of hydrogen-bond donors (Lipinski definition) is 2. The summed E-state index contributed by atoms with van der Waals surface area (Å²) >= 11 is 0. The van der Waals surface area contributed by atoms with Gasteiger partial charge in [0.2, 0.25) is 0 Å². The van der Waals surface area contributed by atoms with E-state index >= 15 is 0 Å². The van der Waals surface area contributed by atoms with Crippen molar-refractivity contribution < 1.29 is 9.52 Å². The van der Waals surface area contributed by atoms with Crippen LogP contribution in [0.1, 0.15) is 37.8 Å². The van der Waals surface area contributed by atoms with E-state index in [2.05, 4.69) is 13.8 Å². The van der Waals surface area contributed by atoms with Gasteiger partial charge in [-0.2, -0.15) is 0 Å². The fraction of sp³-hybridized carbons (Fsp3) is 0.600. The zero-order chi connectivity index (χ0) is 9.84. The lowest BCUT2D eigenvalue weighted by Crippen LogP contribution is -2.17. The van der Waals surface area contributed by atoms with Crippen molar-refractivity contribution in [2.75, 3.05) is 0 Å². The van der Waals surface area contributed by atoms with Crippen molar-refractivity contribution in [3.8, 4) is 0 Å². The average Bonchev–Trinajstić information content (AvgIpc) is 2.63. The molecule has 2 atom stereocenters. The Bertz CT molecular complexity index is 257. The zero-order valence-electron chi connectivity index (χ0n) is 8.16. The molecular formula is C10H17NO2. The van der Waals surface area contributed by atoms with Crippen molar-refractivity contribution in [2.24, 2.45) is 11.7 Å². The van der Waals surface area contributed by atoms with Crippen molar-refractivity contribution in [3.05, 3.63) is 23.7 Å². The molecule has 1 heterocycles. The molecule has 0 aromatic carbocycles. The summed E-state index contributed by atoms with van der Waals surface area (Å²) in [7, 11) is 0. The van der Waals surface area contributed by atoms with Gasteiger partial charge < -0.3 is 15.3 Å². The monoisotopic (exact) mass is 183 g/mol. The molecule has 1 rings (SSSR count). The summed E-state index contributed by atoms with van der Waals surface area (Å²) in [6.45, 7) is 4.12. The molecule has 0 aliphatic rings. The van der Waals surface area contributed by atoms with Gasteiger partial charge in [-0.3, -0.25) is 0 Å². The SMILES string of the molecule is CCC(C)[C@H](N)c1ccc(CO)o1. The topological polar surface area (TPSA) is 59.4 Å². The predicted octanol–water partition coefficient (Wildman–Crippen LogP) is 1.82. The quantitative estimate of drug-likeness (QED) is 0.748. The van der Waals surface area contributed by atoms with Crippen LogP contribution in [0.2, 0.25) is 0 Å². The number of rotatable bonds is 4. The lowest BCUT2D eigenvalue weighted by molar-refractivity contribution is 0.238. The van der Waals surface area contributed by atoms with Crippen LogP contribution in [0.15, 0.2) is 16.5 Å². The van der Waals surface area contributed by atoms with E-state index in [4.69, 9.17) is 15.3 Å². The minimum absolute atomic E-state index is 0.0623. The normalized spacial score (nSPS) is 15.7. The van der Waals surface area contributed by atoms with Crippen molar-refractivity contribution >= 4 is 0 Å². The molecule has 13 heavy (non-hydrogen) atoms. The summed E-state index contributed by atoms with van der Waals surface area (Å²) in [5.41, 5.74) is 5.94. The molecule has 1 aromatic heterocycles. The van der Waals surface area contributed by atoms with Crippen LogP contribution < -0.4 is 5.73 Å². The average molecular weight is 183 g/mol. The lowest BCUT2D eigenvalue weighted by atomic mass is 9.98. The van der Waals surface area contributed by atoms with Crippen LogP contribution in [0, 0.1) is 5.92 Å². The first-order valence-electron chi connectivity index (χ1n) is 4.64. The molecule has 0 bridgehead atoms. The zero-order valence-corrected chi connectivity index (χ0v) is 8.16. The van der Waals surface area contributed by atoms with Crippen molar-refractivity contribution in [1.82, 2.24) is 0 Å². The van der Waals surface area contributed by atoms with Crippen molar-refractivity contribution in [2.45, 2.75) is 32.9 Å². The first kappa shape index (κ1) is 10.3. The van der Waals surface area contributed by atoms with Gasteiger partial charge in [0.1, 0.15) is 18.1 Å². The maximum absolute atomic E-state index is 8.79. The molecule has 3 heteroatoms. The number of aliphatic hydroxyl groups is 1. The Morgan fingerprint density at radius 3 is 2.69 bits per heavy atom. The molecule has 0 amide bonds. The molecule has 3 nitrogen and oxygen atoms in total. The maximum Gasteiger partial charge on any atom is 0.129 e. The first-order valence-corrected chi connectivity index (χ1v) is 4.64. The smallest absolute Gasteiger partial charge is 0.129 e. The van der Waals surface area contributed by atoms with Gasteiger partial charge in [0.15, 0.2) is 0 Å². The maximum atomic E-state index is 8.79. The van der Waals surface area contributed by atoms with Gasteiger partial charge in [-0.25, -0.2) is 0 Å². The summed E-state index contributed by atoms with van der Waals surface area (Å²) in [6, 6.07) is 3.53. The van der Waals surface area contributed by atoms with Crippen molar-refractivity contribution in [1.29, 1.82) is 0 Å². The molecule has 0 fully saturated rings. The third kappa shape index (κ3) is 2.32. The van der Waals surface area contributed by atoms with Gasteiger partial charge in [0.25, 0.3) is 0 Å². The molecule has 74 valence electrons. The van der Waals surface area contributed by atoms with Crippen LogP contribution in [-0.2, 0) is 6.61 Å². The second-order valence-electron chi connectivity index (χ2n) is 3.37. The number of aliphatic hydroxyl groups excluding tert-OH is 1. The summed E-state index contributed by atoms with van der Waals surface area (Å²) in [5.74, 6) is 1.74. The van der Waals surface area contributed by atoms with Gasteiger partial charge in [-0.15, -0.1) is 0 Å². The van der Waals surface area contributed by atoms with E-state index < -0.39 is 0 Å². The Balaban J connectivity index is 2.70. The van der Waals surface area contributed by atoms with E-state index in [1.165, 1.54) is 0 Å². The Morgan fingerprint density at radius 1 is 1.54 bits per heavy atom. The Morgan fingerprint density at radius 2 is 2.23 bits per heavy atom. The fourth-order valence-corrected chi connectivity index (χ4v) is 1.19. The highest BCUT2D eigenvalue weighted by molar-refractivity contribution is 5.10. The van der Waals surface area contributed by atoms with Crippen LogP contribution in [0.3, 0.4) is 0 Å². The summed E-state index contributed by atoms with van der Waals surface area (Å²) in [6.07, 6.45) is 1.02. The van der Waals surface area contributed by atoms with E-state index in [0.29, 0.717) is 11.7 Å². The van der Waals surface area contributed by atoms with Crippen molar-refractivity contribution in [3.63, 3.8) is 0 Å². The highest BCUT2D eigenvalue weighted by Crippen LogP contribution is 2.23. The highest BCUT2D eigenvalue weighted by atomic mass is 16.4. The van der Waals surface area contributed by atoms with E-state index in [1.807, 2.05) is 6.07 Å². The molecule has 0 aliphatic carbocycles. The summed E-state index contributed by atoms with van der Waals surface area (Å²) < 4.78 is 5.34. The van der Waals surface area contributed by atoms with Gasteiger partial charge in [-0.05, 0) is 18.1 Å². The Hall–Kier alpha value is -0.800. The van der Waals surface area contributed by atoms with E-state index in [9.17, 15) is 0 Å². The van der Waals surface area contributed by atoms with Crippen LogP contribution in [0.25, 0.3) is 0 Å². The minimum atomic E-state index is -0.0645. The summed E-state index contributed by atoms with van der Waals surface area (Å²) in [5, 5.41) is 8.79. The second kappa shape index (κ2) is 4.44. The summed E-state index contributed by atoms with van der Waals surface area (Å²) in [4.78, 5) is 0. The molecule has 0 spiro atoms. The molecule has 0 saturated carbocycles. The van der Waals surface area contributed by atoms with Gasteiger partial charge >= 0.3 is 0 Å². The molecule has 1 unspecified atom stereocenters. The molecular weight excluding hydrogens is 166 g/mol. The fourth-order valence-electron chi connectivity index (χ4n) is 1.19. The van der Waals surface area contributed by atoms with Gasteiger partial charge in [0.05, 0.1) is 6.04 Å². The Labute approximate surface area is 78.5 Å². The van der Waals surface area contributed by atoms with Crippen LogP contribution in [0.5, 0.6) is 0 Å². The first-order chi connectivity index (χ1) is 6.19. The lowest BCUT2D eigenvalue weighted by Gasteiger charge is -2.15. The molecule has 0 aliphatic heterocycles. The minimum Gasteiger partial charge on any atom is -0.462 e. The van der Waals surface area contributed by atoms with Gasteiger partial charge in [0, 0.05) is 0 Å². The predicted molar refractivity (Wildman–Crippen MR) is 51.0 cm³/mol. The van der Waals surface area contributed by atoms with Crippen LogP contribution in [-0.4, -0.2) is 5.11 Å². The van der Waals surface area contributed by atoms with Crippen LogP contribution >= 0.6 is 0 Å². The number of hydrogen-bond acceptors (Lipinski definition) is 3. The van der Waals surface area contributed by atoms with Crippen LogP contribution in [0.4, 0.5) is 0 Å². The van der Waals surface area contributed by atoms with E-state index in [1.54, 1.807) is 6.07 Å². The second-order valence-corrected chi connectivity index (χ2v) is 3.37. The van der Waals surface area contributed by atoms with E-state index in [0.717, 1.165) is 12.2 Å². The van der Waals surface area contributed by atoms with Gasteiger partial charge in [-0.1, -0.05) is 20.3 Å². The third-order valence-corrected chi connectivity index (χ3v) is 2.42. The molecule has 0 radical (unpaired) electrons. The van der Waals surface area contributed by atoms with E-state index in [-0.39, 0.29) is 12.6 Å². The highest BCUT2D eigenvalue weighted by Gasteiger charge is 2.16. The molecule has 3 N–H and O–H groups in total. The number of nitrogens with two attached hydrogens (primary N) is 1.